The second-order valence-corrected chi connectivity index (χ2v) is 10.1. The summed E-state index contributed by atoms with van der Waals surface area (Å²) in [5.74, 6) is 0.424. The zero-order valence-electron chi connectivity index (χ0n) is 19.2. The van der Waals surface area contributed by atoms with Crippen LogP contribution < -0.4 is 10.9 Å². The van der Waals surface area contributed by atoms with Crippen molar-refractivity contribution in [3.05, 3.63) is 80.2 Å². The van der Waals surface area contributed by atoms with Gasteiger partial charge in [0.1, 0.15) is 5.82 Å². The third-order valence-electron chi connectivity index (χ3n) is 5.41. The predicted octanol–water partition coefficient (Wildman–Crippen LogP) is 6.14. The molecule has 0 saturated heterocycles. The van der Waals surface area contributed by atoms with Gasteiger partial charge in [0.25, 0.3) is 5.56 Å². The lowest BCUT2D eigenvalue weighted by Gasteiger charge is -2.20. The molecule has 4 aromatic rings. The van der Waals surface area contributed by atoms with Crippen LogP contribution in [-0.2, 0) is 5.60 Å². The van der Waals surface area contributed by atoms with Crippen molar-refractivity contribution >= 4 is 62.5 Å². The largest absolute Gasteiger partial charge is 0.386 e. The summed E-state index contributed by atoms with van der Waals surface area (Å²) in [6.45, 7) is 6.68. The Morgan fingerprint density at radius 2 is 1.68 bits per heavy atom. The number of anilines is 2. The number of aliphatic hydroxyl groups is 2. The maximum atomic E-state index is 12.9. The average Bonchev–Trinajstić information content (AvgIpc) is 2.73. The van der Waals surface area contributed by atoms with Crippen molar-refractivity contribution in [3.63, 3.8) is 0 Å². The summed E-state index contributed by atoms with van der Waals surface area (Å²) in [6.07, 6.45) is 5.05. The molecule has 0 amide bonds. The van der Waals surface area contributed by atoms with Crippen molar-refractivity contribution in [1.82, 2.24) is 9.97 Å². The van der Waals surface area contributed by atoms with Crippen LogP contribution in [0.25, 0.3) is 27.8 Å². The summed E-state index contributed by atoms with van der Waals surface area (Å²) in [5.41, 5.74) is 0.111. The minimum atomic E-state index is -1.11. The number of rotatable bonds is 5. The number of aromatic amines is 1. The van der Waals surface area contributed by atoms with Crippen molar-refractivity contribution < 1.29 is 10.2 Å². The number of fused-ring (bicyclic) bond motifs is 3. The summed E-state index contributed by atoms with van der Waals surface area (Å²) < 4.78 is 0. The first-order valence-corrected chi connectivity index (χ1v) is 11.4. The quantitative estimate of drug-likeness (QED) is 0.248. The van der Waals surface area contributed by atoms with Crippen LogP contribution in [0.1, 0.15) is 38.8 Å². The van der Waals surface area contributed by atoms with Crippen LogP contribution in [0.2, 0.25) is 10.0 Å². The molecule has 0 fully saturated rings. The van der Waals surface area contributed by atoms with Gasteiger partial charge in [-0.2, -0.15) is 0 Å². The normalized spacial score (nSPS) is 12.7. The lowest BCUT2D eigenvalue weighted by molar-refractivity contribution is 0.0786. The molecule has 2 heterocycles. The smallest absolute Gasteiger partial charge is 0.256 e. The summed E-state index contributed by atoms with van der Waals surface area (Å²) >= 11 is 13.0. The number of nitrogens with zero attached hydrogens (tertiary/aromatic N) is 1. The molecule has 4 rings (SSSR count). The van der Waals surface area contributed by atoms with Crippen molar-refractivity contribution in [3.8, 4) is 0 Å². The van der Waals surface area contributed by atoms with Gasteiger partial charge in [-0.3, -0.25) is 4.79 Å². The van der Waals surface area contributed by atoms with Crippen molar-refractivity contribution in [2.45, 2.75) is 38.9 Å². The Morgan fingerprint density at radius 1 is 1.00 bits per heavy atom. The highest BCUT2D eigenvalue weighted by Gasteiger charge is 2.21. The zero-order valence-corrected chi connectivity index (χ0v) is 20.7. The van der Waals surface area contributed by atoms with Crippen LogP contribution >= 0.6 is 23.2 Å². The van der Waals surface area contributed by atoms with E-state index in [1.807, 2.05) is 18.2 Å². The van der Waals surface area contributed by atoms with Crippen molar-refractivity contribution in [1.29, 1.82) is 0 Å². The van der Waals surface area contributed by atoms with Gasteiger partial charge < -0.3 is 20.5 Å². The molecule has 0 unspecified atom stereocenters. The first kappa shape index (κ1) is 24.2. The Bertz CT molecular complexity index is 1470. The van der Waals surface area contributed by atoms with E-state index in [0.717, 1.165) is 5.56 Å². The first-order valence-electron chi connectivity index (χ1n) is 10.7. The lowest BCUT2D eigenvalue weighted by atomic mass is 9.98. The molecular weight excluding hydrogens is 473 g/mol. The minimum absolute atomic E-state index is 0.258. The van der Waals surface area contributed by atoms with Crippen LogP contribution in [0, 0.1) is 0 Å². The van der Waals surface area contributed by atoms with E-state index in [1.54, 1.807) is 64.2 Å². The Hall–Kier alpha value is -2.90. The van der Waals surface area contributed by atoms with Gasteiger partial charge in [-0.15, -0.1) is 0 Å². The standard InChI is InChI=1S/C26H25Cl2N3O3/c1-25(2,33)9-7-14-5-6-20-17(11-14)21-16(8-10-29-24(21)32)23(30-20)31-22-18(27)12-15(13-19(22)28)26(3,4)34/h5-13,33-34H,1-4H3,(H,29,32)(H,30,31)/b9-7+. The molecule has 0 atom stereocenters. The SMILES string of the molecule is CC(C)(O)/C=C/c1ccc2nc(Nc3c(Cl)cc(C(C)(C)O)cc3Cl)c3cc[nH]c(=O)c3c2c1. The number of nitrogens with one attached hydrogen (secondary N) is 2. The molecule has 2 aromatic carbocycles. The molecule has 0 bridgehead atoms. The highest BCUT2D eigenvalue weighted by atomic mass is 35.5. The lowest BCUT2D eigenvalue weighted by Crippen LogP contribution is -2.15. The molecule has 6 nitrogen and oxygen atoms in total. The van der Waals surface area contributed by atoms with Crippen LogP contribution in [0.5, 0.6) is 0 Å². The molecule has 0 aliphatic carbocycles. The van der Waals surface area contributed by atoms with Gasteiger partial charge in [0.15, 0.2) is 0 Å². The molecule has 176 valence electrons. The molecular formula is C26H25Cl2N3O3. The van der Waals surface area contributed by atoms with Crippen molar-refractivity contribution in [2.75, 3.05) is 5.32 Å². The third-order valence-corrected chi connectivity index (χ3v) is 6.01. The number of halogens is 2. The zero-order chi connectivity index (χ0) is 24.8. The van der Waals surface area contributed by atoms with Gasteiger partial charge in [-0.1, -0.05) is 41.4 Å². The molecule has 0 saturated carbocycles. The Labute approximate surface area is 206 Å². The highest BCUT2D eigenvalue weighted by molar-refractivity contribution is 6.39. The molecule has 0 aliphatic rings. The molecule has 2 aromatic heterocycles. The third kappa shape index (κ3) is 4.95. The van der Waals surface area contributed by atoms with E-state index in [4.69, 9.17) is 28.2 Å². The monoisotopic (exact) mass is 497 g/mol. The van der Waals surface area contributed by atoms with Crippen LogP contribution in [0.15, 0.2) is 53.5 Å². The second-order valence-electron chi connectivity index (χ2n) is 9.32. The Balaban J connectivity index is 1.89. The summed E-state index contributed by atoms with van der Waals surface area (Å²) in [4.78, 5) is 20.3. The minimum Gasteiger partial charge on any atom is -0.386 e. The molecule has 0 aliphatic heterocycles. The van der Waals surface area contributed by atoms with E-state index in [1.165, 1.54) is 0 Å². The molecule has 34 heavy (non-hydrogen) atoms. The maximum absolute atomic E-state index is 12.9. The fourth-order valence-corrected chi connectivity index (χ4v) is 4.22. The van der Waals surface area contributed by atoms with Gasteiger partial charge >= 0.3 is 0 Å². The fourth-order valence-electron chi connectivity index (χ4n) is 3.64. The van der Waals surface area contributed by atoms with Crippen LogP contribution in [0.4, 0.5) is 11.5 Å². The second kappa shape index (κ2) is 8.71. The van der Waals surface area contributed by atoms with E-state index in [2.05, 4.69) is 10.3 Å². The van der Waals surface area contributed by atoms with E-state index in [-0.39, 0.29) is 5.56 Å². The first-order chi connectivity index (χ1) is 15.8. The number of aromatic nitrogens is 2. The van der Waals surface area contributed by atoms with Gasteiger partial charge in [0.05, 0.1) is 37.8 Å². The van der Waals surface area contributed by atoms with Gasteiger partial charge in [-0.05, 0) is 69.2 Å². The highest BCUT2D eigenvalue weighted by Crippen LogP contribution is 2.38. The molecule has 8 heteroatoms. The van der Waals surface area contributed by atoms with Crippen LogP contribution in [-0.4, -0.2) is 25.8 Å². The number of hydrogen-bond acceptors (Lipinski definition) is 5. The summed E-state index contributed by atoms with van der Waals surface area (Å²) in [6, 6.07) is 10.6. The predicted molar refractivity (Wildman–Crippen MR) is 140 cm³/mol. The summed E-state index contributed by atoms with van der Waals surface area (Å²) in [5, 5.41) is 25.9. The Kier molecular flexibility index (Phi) is 6.21. The average molecular weight is 498 g/mol. The van der Waals surface area contributed by atoms with E-state index < -0.39 is 11.2 Å². The number of pyridine rings is 2. The number of hydrogen-bond donors (Lipinski definition) is 4. The Morgan fingerprint density at radius 3 is 2.29 bits per heavy atom. The van der Waals surface area contributed by atoms with Crippen LogP contribution in [0.3, 0.4) is 0 Å². The van der Waals surface area contributed by atoms with Gasteiger partial charge in [0.2, 0.25) is 0 Å². The fraction of sp³-hybridized carbons (Fsp3) is 0.231. The summed E-state index contributed by atoms with van der Waals surface area (Å²) in [7, 11) is 0. The maximum Gasteiger partial charge on any atom is 0.256 e. The molecule has 0 radical (unpaired) electrons. The molecule has 0 spiro atoms. The number of benzene rings is 2. The van der Waals surface area contributed by atoms with Crippen molar-refractivity contribution in [2.24, 2.45) is 0 Å². The van der Waals surface area contributed by atoms with Gasteiger partial charge in [-0.25, -0.2) is 4.98 Å². The van der Waals surface area contributed by atoms with E-state index in [9.17, 15) is 15.0 Å². The number of H-pyrrole nitrogens is 1. The topological polar surface area (TPSA) is 98.2 Å². The van der Waals surface area contributed by atoms with Gasteiger partial charge in [0, 0.05) is 17.0 Å². The van der Waals surface area contributed by atoms with E-state index >= 15 is 0 Å². The molecule has 4 N–H and O–H groups in total. The van der Waals surface area contributed by atoms with E-state index in [0.29, 0.717) is 48.8 Å².